The van der Waals surface area contributed by atoms with Gasteiger partial charge in [-0.15, -0.1) is 0 Å². The van der Waals surface area contributed by atoms with Crippen LogP contribution in [0, 0.1) is 0 Å². The summed E-state index contributed by atoms with van der Waals surface area (Å²) in [7, 11) is 0. The summed E-state index contributed by atoms with van der Waals surface area (Å²) in [5.41, 5.74) is 1.46. The maximum Gasteiger partial charge on any atom is 0.256 e. The van der Waals surface area contributed by atoms with Crippen molar-refractivity contribution in [2.45, 2.75) is 26.3 Å². The zero-order valence-corrected chi connectivity index (χ0v) is 14.9. The molecule has 5 heteroatoms. The van der Waals surface area contributed by atoms with Crippen LogP contribution < -0.4 is 10.6 Å². The van der Waals surface area contributed by atoms with E-state index in [0.29, 0.717) is 16.8 Å². The first-order valence-corrected chi connectivity index (χ1v) is 8.04. The van der Waals surface area contributed by atoms with Crippen molar-refractivity contribution in [1.82, 2.24) is 5.32 Å². The molecule has 2 aromatic rings. The minimum absolute atomic E-state index is 0.138. The molecular weight excluding hydrogens is 356 g/mol. The van der Waals surface area contributed by atoms with Gasteiger partial charge < -0.3 is 10.6 Å². The first-order chi connectivity index (χ1) is 10.8. The molecule has 0 bridgehead atoms. The molecule has 4 nitrogen and oxygen atoms in total. The van der Waals surface area contributed by atoms with Crippen molar-refractivity contribution in [1.29, 1.82) is 0 Å². The van der Waals surface area contributed by atoms with E-state index in [1.54, 1.807) is 36.4 Å². The second kappa shape index (κ2) is 6.96. The molecule has 0 aliphatic heterocycles. The summed E-state index contributed by atoms with van der Waals surface area (Å²) < 4.78 is 0.735. The normalized spacial score (nSPS) is 11.0. The van der Waals surface area contributed by atoms with Crippen molar-refractivity contribution in [2.24, 2.45) is 0 Å². The summed E-state index contributed by atoms with van der Waals surface area (Å²) >= 11 is 3.36. The van der Waals surface area contributed by atoms with Crippen molar-refractivity contribution in [3.63, 3.8) is 0 Å². The van der Waals surface area contributed by atoms with E-state index in [-0.39, 0.29) is 17.4 Å². The Bertz CT molecular complexity index is 719. The van der Waals surface area contributed by atoms with Gasteiger partial charge in [0.25, 0.3) is 11.8 Å². The SMILES string of the molecule is CC(C)(C)NC(=O)c1ccc(NC(=O)c2ccccc2Br)cc1. The number of hydrogen-bond acceptors (Lipinski definition) is 2. The molecular formula is C18H19BrN2O2. The van der Waals surface area contributed by atoms with E-state index in [0.717, 1.165) is 4.47 Å². The van der Waals surface area contributed by atoms with Crippen LogP contribution >= 0.6 is 15.9 Å². The number of rotatable bonds is 3. The third-order valence-corrected chi connectivity index (χ3v) is 3.70. The van der Waals surface area contributed by atoms with Crippen LogP contribution in [0.15, 0.2) is 53.0 Å². The van der Waals surface area contributed by atoms with Gasteiger partial charge >= 0.3 is 0 Å². The van der Waals surface area contributed by atoms with E-state index in [9.17, 15) is 9.59 Å². The van der Waals surface area contributed by atoms with Gasteiger partial charge in [0.05, 0.1) is 5.56 Å². The number of halogens is 1. The van der Waals surface area contributed by atoms with Crippen LogP contribution in [0.4, 0.5) is 5.69 Å². The standard InChI is InChI=1S/C18H19BrN2O2/c1-18(2,3)21-16(22)12-8-10-13(11-9-12)20-17(23)14-6-4-5-7-15(14)19/h4-11H,1-3H3,(H,20,23)(H,21,22). The van der Waals surface area contributed by atoms with Crippen molar-refractivity contribution >= 4 is 33.4 Å². The monoisotopic (exact) mass is 374 g/mol. The fourth-order valence-corrected chi connectivity index (χ4v) is 2.43. The molecule has 0 fully saturated rings. The smallest absolute Gasteiger partial charge is 0.256 e. The topological polar surface area (TPSA) is 58.2 Å². The molecule has 120 valence electrons. The van der Waals surface area contributed by atoms with Crippen molar-refractivity contribution in [3.05, 3.63) is 64.1 Å². The summed E-state index contributed by atoms with van der Waals surface area (Å²) in [5, 5.41) is 5.71. The highest BCUT2D eigenvalue weighted by molar-refractivity contribution is 9.10. The van der Waals surface area contributed by atoms with Crippen molar-refractivity contribution in [3.8, 4) is 0 Å². The molecule has 0 saturated heterocycles. The first kappa shape index (κ1) is 17.2. The van der Waals surface area contributed by atoms with Gasteiger partial charge in [-0.3, -0.25) is 9.59 Å². The number of anilines is 1. The third-order valence-electron chi connectivity index (χ3n) is 3.01. The zero-order chi connectivity index (χ0) is 17.0. The highest BCUT2D eigenvalue weighted by atomic mass is 79.9. The summed E-state index contributed by atoms with van der Waals surface area (Å²) in [4.78, 5) is 24.3. The fourth-order valence-electron chi connectivity index (χ4n) is 1.96. The Morgan fingerprint density at radius 1 is 0.913 bits per heavy atom. The van der Waals surface area contributed by atoms with Gasteiger partial charge in [-0.1, -0.05) is 12.1 Å². The molecule has 0 aromatic heterocycles. The van der Waals surface area contributed by atoms with Crippen molar-refractivity contribution < 1.29 is 9.59 Å². The van der Waals surface area contributed by atoms with Crippen molar-refractivity contribution in [2.75, 3.05) is 5.32 Å². The number of carbonyl (C=O) groups excluding carboxylic acids is 2. The van der Waals surface area contributed by atoms with Gasteiger partial charge in [0.2, 0.25) is 0 Å². The van der Waals surface area contributed by atoms with E-state index in [4.69, 9.17) is 0 Å². The predicted molar refractivity (Wildman–Crippen MR) is 95.8 cm³/mol. The van der Waals surface area contributed by atoms with E-state index in [1.165, 1.54) is 0 Å². The highest BCUT2D eigenvalue weighted by Crippen LogP contribution is 2.18. The largest absolute Gasteiger partial charge is 0.347 e. The van der Waals surface area contributed by atoms with Crippen LogP contribution in [-0.2, 0) is 0 Å². The Kier molecular flexibility index (Phi) is 5.21. The second-order valence-electron chi connectivity index (χ2n) is 6.22. The average Bonchev–Trinajstić information content (AvgIpc) is 2.46. The van der Waals surface area contributed by atoms with Gasteiger partial charge in [-0.25, -0.2) is 0 Å². The van der Waals surface area contributed by atoms with Crippen LogP contribution in [0.3, 0.4) is 0 Å². The van der Waals surface area contributed by atoms with E-state index in [1.807, 2.05) is 32.9 Å². The zero-order valence-electron chi connectivity index (χ0n) is 13.3. The summed E-state index contributed by atoms with van der Waals surface area (Å²) in [5.74, 6) is -0.342. The van der Waals surface area contributed by atoms with Gasteiger partial charge in [-0.05, 0) is 73.1 Å². The quantitative estimate of drug-likeness (QED) is 0.844. The van der Waals surface area contributed by atoms with E-state index >= 15 is 0 Å². The molecule has 2 rings (SSSR count). The number of benzene rings is 2. The van der Waals surface area contributed by atoms with Crippen LogP contribution in [0.5, 0.6) is 0 Å². The molecule has 0 radical (unpaired) electrons. The lowest BCUT2D eigenvalue weighted by atomic mass is 10.1. The molecule has 0 aliphatic carbocycles. The van der Waals surface area contributed by atoms with Gasteiger partial charge in [0.1, 0.15) is 0 Å². The minimum Gasteiger partial charge on any atom is -0.347 e. The summed E-state index contributed by atoms with van der Waals surface area (Å²) in [6.45, 7) is 5.78. The average molecular weight is 375 g/mol. The maximum absolute atomic E-state index is 12.2. The molecule has 0 spiro atoms. The molecule has 0 heterocycles. The lowest BCUT2D eigenvalue weighted by Gasteiger charge is -2.20. The molecule has 0 aliphatic rings. The Labute approximate surface area is 144 Å². The molecule has 2 amide bonds. The van der Waals surface area contributed by atoms with Gasteiger partial charge in [0.15, 0.2) is 0 Å². The molecule has 23 heavy (non-hydrogen) atoms. The summed E-state index contributed by atoms with van der Waals surface area (Å²) in [6, 6.07) is 14.0. The summed E-state index contributed by atoms with van der Waals surface area (Å²) in [6.07, 6.45) is 0. The minimum atomic E-state index is -0.288. The van der Waals surface area contributed by atoms with E-state index < -0.39 is 0 Å². The predicted octanol–water partition coefficient (Wildman–Crippen LogP) is 4.23. The lowest BCUT2D eigenvalue weighted by molar-refractivity contribution is 0.0919. The fraction of sp³-hybridized carbons (Fsp3) is 0.222. The highest BCUT2D eigenvalue weighted by Gasteiger charge is 2.15. The lowest BCUT2D eigenvalue weighted by Crippen LogP contribution is -2.40. The Morgan fingerprint density at radius 3 is 2.09 bits per heavy atom. The second-order valence-corrected chi connectivity index (χ2v) is 7.07. The number of hydrogen-bond donors (Lipinski definition) is 2. The van der Waals surface area contributed by atoms with Crippen LogP contribution in [0.2, 0.25) is 0 Å². The Hall–Kier alpha value is -2.14. The molecule has 0 saturated carbocycles. The van der Waals surface area contributed by atoms with Crippen LogP contribution in [0.25, 0.3) is 0 Å². The Morgan fingerprint density at radius 2 is 1.52 bits per heavy atom. The number of nitrogens with one attached hydrogen (secondary N) is 2. The number of carbonyl (C=O) groups is 2. The molecule has 0 atom stereocenters. The Balaban J connectivity index is 2.07. The van der Waals surface area contributed by atoms with Crippen LogP contribution in [-0.4, -0.2) is 17.4 Å². The molecule has 2 N–H and O–H groups in total. The number of amides is 2. The first-order valence-electron chi connectivity index (χ1n) is 7.25. The van der Waals surface area contributed by atoms with Gasteiger partial charge in [-0.2, -0.15) is 0 Å². The molecule has 2 aromatic carbocycles. The maximum atomic E-state index is 12.2. The van der Waals surface area contributed by atoms with Crippen LogP contribution in [0.1, 0.15) is 41.5 Å². The molecule has 0 unspecified atom stereocenters. The van der Waals surface area contributed by atoms with E-state index in [2.05, 4.69) is 26.6 Å². The van der Waals surface area contributed by atoms with Gasteiger partial charge in [0, 0.05) is 21.3 Å². The third kappa shape index (κ3) is 4.93.